The minimum absolute atomic E-state index is 0.573. The predicted octanol–water partition coefficient (Wildman–Crippen LogP) is 1.44. The standard InChI is InChI=1S/C12H18N2O3/c1-14(2)6-7-17-12-8-10(9-13-15)4-5-11(12)16-3/h4-5,8-9,15H,6-7H2,1-3H3. The second-order valence-electron chi connectivity index (χ2n) is 3.81. The van der Waals surface area contributed by atoms with Gasteiger partial charge < -0.3 is 19.6 Å². The lowest BCUT2D eigenvalue weighted by Crippen LogP contribution is -2.19. The first-order valence-corrected chi connectivity index (χ1v) is 5.30. The molecule has 94 valence electrons. The summed E-state index contributed by atoms with van der Waals surface area (Å²) in [6.07, 6.45) is 1.35. The normalized spacial score (nSPS) is 11.1. The Morgan fingerprint density at radius 3 is 2.71 bits per heavy atom. The molecule has 0 unspecified atom stereocenters. The average molecular weight is 238 g/mol. The molecular weight excluding hydrogens is 220 g/mol. The number of rotatable bonds is 6. The maximum Gasteiger partial charge on any atom is 0.161 e. The second-order valence-corrected chi connectivity index (χ2v) is 3.81. The van der Waals surface area contributed by atoms with Crippen LogP contribution in [0.25, 0.3) is 0 Å². The summed E-state index contributed by atoms with van der Waals surface area (Å²) in [5.74, 6) is 1.31. The van der Waals surface area contributed by atoms with Gasteiger partial charge in [0.2, 0.25) is 0 Å². The number of likely N-dealkylation sites (N-methyl/N-ethyl adjacent to an activating group) is 1. The molecule has 0 aliphatic rings. The maximum atomic E-state index is 8.48. The zero-order valence-corrected chi connectivity index (χ0v) is 10.4. The molecule has 5 heteroatoms. The van der Waals surface area contributed by atoms with Gasteiger partial charge in [0.05, 0.1) is 13.3 Å². The lowest BCUT2D eigenvalue weighted by molar-refractivity contribution is 0.250. The Labute approximate surface area is 101 Å². The number of ether oxygens (including phenoxy) is 2. The summed E-state index contributed by atoms with van der Waals surface area (Å²) in [5, 5.41) is 11.5. The first-order valence-electron chi connectivity index (χ1n) is 5.30. The van der Waals surface area contributed by atoms with E-state index in [2.05, 4.69) is 5.16 Å². The topological polar surface area (TPSA) is 54.3 Å². The minimum Gasteiger partial charge on any atom is -0.493 e. The van der Waals surface area contributed by atoms with E-state index >= 15 is 0 Å². The van der Waals surface area contributed by atoms with Crippen LogP contribution in [0.2, 0.25) is 0 Å². The van der Waals surface area contributed by atoms with Crippen LogP contribution in [0.15, 0.2) is 23.4 Å². The van der Waals surface area contributed by atoms with Gasteiger partial charge in [0.25, 0.3) is 0 Å². The molecule has 17 heavy (non-hydrogen) atoms. The molecule has 5 nitrogen and oxygen atoms in total. The zero-order chi connectivity index (χ0) is 12.7. The van der Waals surface area contributed by atoms with Crippen molar-refractivity contribution in [1.82, 2.24) is 4.90 Å². The van der Waals surface area contributed by atoms with Gasteiger partial charge in [0.1, 0.15) is 6.61 Å². The van der Waals surface area contributed by atoms with Gasteiger partial charge in [-0.15, -0.1) is 0 Å². The monoisotopic (exact) mass is 238 g/mol. The largest absolute Gasteiger partial charge is 0.493 e. The van der Waals surface area contributed by atoms with Crippen LogP contribution in [0.3, 0.4) is 0 Å². The Bertz CT molecular complexity index is 378. The van der Waals surface area contributed by atoms with Crippen molar-refractivity contribution in [2.75, 3.05) is 34.4 Å². The molecule has 0 heterocycles. The summed E-state index contributed by atoms with van der Waals surface area (Å²) in [6.45, 7) is 1.39. The first kappa shape index (κ1) is 13.3. The molecule has 0 bridgehead atoms. The molecule has 0 saturated carbocycles. The Balaban J connectivity index is 2.75. The van der Waals surface area contributed by atoms with Crippen LogP contribution >= 0.6 is 0 Å². The van der Waals surface area contributed by atoms with E-state index in [1.54, 1.807) is 25.3 Å². The summed E-state index contributed by atoms with van der Waals surface area (Å²) in [6, 6.07) is 5.34. The Kier molecular flexibility index (Phi) is 5.29. The minimum atomic E-state index is 0.573. The van der Waals surface area contributed by atoms with Gasteiger partial charge in [-0.25, -0.2) is 0 Å². The van der Waals surface area contributed by atoms with Crippen LogP contribution in [0.5, 0.6) is 11.5 Å². The van der Waals surface area contributed by atoms with Crippen LogP contribution in [0.1, 0.15) is 5.56 Å². The van der Waals surface area contributed by atoms with Crippen molar-refractivity contribution in [3.63, 3.8) is 0 Å². The highest BCUT2D eigenvalue weighted by molar-refractivity contribution is 5.80. The maximum absolute atomic E-state index is 8.48. The van der Waals surface area contributed by atoms with Crippen molar-refractivity contribution in [1.29, 1.82) is 0 Å². The van der Waals surface area contributed by atoms with Crippen LogP contribution in [0.4, 0.5) is 0 Å². The third kappa shape index (κ3) is 4.32. The molecule has 0 fully saturated rings. The molecule has 0 radical (unpaired) electrons. The number of hydrogen-bond donors (Lipinski definition) is 1. The lowest BCUT2D eigenvalue weighted by atomic mass is 10.2. The van der Waals surface area contributed by atoms with E-state index in [4.69, 9.17) is 14.7 Å². The molecule has 0 atom stereocenters. The number of methoxy groups -OCH3 is 1. The fraction of sp³-hybridized carbons (Fsp3) is 0.417. The Hall–Kier alpha value is -1.75. The summed E-state index contributed by atoms with van der Waals surface area (Å²) >= 11 is 0. The van der Waals surface area contributed by atoms with Crippen molar-refractivity contribution >= 4 is 6.21 Å². The third-order valence-electron chi connectivity index (χ3n) is 2.19. The highest BCUT2D eigenvalue weighted by atomic mass is 16.5. The summed E-state index contributed by atoms with van der Waals surface area (Å²) in [7, 11) is 5.55. The SMILES string of the molecule is COc1ccc(C=NO)cc1OCCN(C)C. The van der Waals surface area contributed by atoms with Crippen LogP contribution < -0.4 is 9.47 Å². The molecule has 1 N–H and O–H groups in total. The average Bonchev–Trinajstić information content (AvgIpc) is 2.29. The quantitative estimate of drug-likeness (QED) is 0.463. The van der Waals surface area contributed by atoms with Gasteiger partial charge in [-0.3, -0.25) is 0 Å². The molecule has 0 spiro atoms. The van der Waals surface area contributed by atoms with Gasteiger partial charge in [-0.05, 0) is 32.3 Å². The number of benzene rings is 1. The van der Waals surface area contributed by atoms with E-state index in [0.717, 1.165) is 12.1 Å². The molecule has 0 aliphatic heterocycles. The van der Waals surface area contributed by atoms with Gasteiger partial charge in [-0.1, -0.05) is 5.16 Å². The van der Waals surface area contributed by atoms with Gasteiger partial charge >= 0.3 is 0 Å². The first-order chi connectivity index (χ1) is 8.17. The number of nitrogens with zero attached hydrogens (tertiary/aromatic N) is 2. The highest BCUT2D eigenvalue weighted by Crippen LogP contribution is 2.27. The van der Waals surface area contributed by atoms with Gasteiger partial charge in [-0.2, -0.15) is 0 Å². The second kappa shape index (κ2) is 6.75. The molecule has 0 aromatic heterocycles. The van der Waals surface area contributed by atoms with E-state index in [0.29, 0.717) is 18.1 Å². The molecular formula is C12H18N2O3. The van der Waals surface area contributed by atoms with Crippen LogP contribution in [-0.2, 0) is 0 Å². The van der Waals surface area contributed by atoms with Crippen LogP contribution in [0, 0.1) is 0 Å². The Morgan fingerprint density at radius 2 is 2.12 bits per heavy atom. The highest BCUT2D eigenvalue weighted by Gasteiger charge is 2.05. The van der Waals surface area contributed by atoms with Crippen molar-refractivity contribution < 1.29 is 14.7 Å². The smallest absolute Gasteiger partial charge is 0.161 e. The van der Waals surface area contributed by atoms with E-state index in [1.165, 1.54) is 6.21 Å². The van der Waals surface area contributed by atoms with Gasteiger partial charge in [0.15, 0.2) is 11.5 Å². The van der Waals surface area contributed by atoms with E-state index in [-0.39, 0.29) is 0 Å². The molecule has 0 saturated heterocycles. The van der Waals surface area contributed by atoms with E-state index < -0.39 is 0 Å². The van der Waals surface area contributed by atoms with Gasteiger partial charge in [0, 0.05) is 12.1 Å². The zero-order valence-electron chi connectivity index (χ0n) is 10.4. The molecule has 1 aromatic rings. The molecule has 0 amide bonds. The summed E-state index contributed by atoms with van der Waals surface area (Å²) in [5.41, 5.74) is 0.758. The van der Waals surface area contributed by atoms with E-state index in [9.17, 15) is 0 Å². The molecule has 1 aromatic carbocycles. The fourth-order valence-electron chi connectivity index (χ4n) is 1.29. The molecule has 1 rings (SSSR count). The number of hydrogen-bond acceptors (Lipinski definition) is 5. The van der Waals surface area contributed by atoms with E-state index in [1.807, 2.05) is 19.0 Å². The van der Waals surface area contributed by atoms with Crippen molar-refractivity contribution in [2.24, 2.45) is 5.16 Å². The number of oxime groups is 1. The molecule has 0 aliphatic carbocycles. The van der Waals surface area contributed by atoms with Crippen LogP contribution in [-0.4, -0.2) is 50.7 Å². The van der Waals surface area contributed by atoms with Crippen molar-refractivity contribution in [3.05, 3.63) is 23.8 Å². The third-order valence-corrected chi connectivity index (χ3v) is 2.19. The summed E-state index contributed by atoms with van der Waals surface area (Å²) < 4.78 is 10.8. The van der Waals surface area contributed by atoms with Crippen molar-refractivity contribution in [3.8, 4) is 11.5 Å². The summed E-state index contributed by atoms with van der Waals surface area (Å²) in [4.78, 5) is 2.03. The predicted molar refractivity (Wildman–Crippen MR) is 66.4 cm³/mol. The van der Waals surface area contributed by atoms with Crippen molar-refractivity contribution in [2.45, 2.75) is 0 Å². The lowest BCUT2D eigenvalue weighted by Gasteiger charge is -2.13. The fourth-order valence-corrected chi connectivity index (χ4v) is 1.29. The Morgan fingerprint density at radius 1 is 1.35 bits per heavy atom.